The second kappa shape index (κ2) is 5.86. The zero-order chi connectivity index (χ0) is 14.2. The molecule has 1 N–H and O–H groups in total. The molecule has 2 aliphatic rings. The minimum atomic E-state index is 0.335. The molecule has 110 valence electrons. The second-order valence-electron chi connectivity index (χ2n) is 5.94. The van der Waals surface area contributed by atoms with Gasteiger partial charge in [0.25, 0.3) is 0 Å². The number of halogens is 2. The van der Waals surface area contributed by atoms with E-state index in [1.165, 1.54) is 25.7 Å². The van der Waals surface area contributed by atoms with Crippen molar-refractivity contribution in [1.29, 1.82) is 0 Å². The third-order valence-electron chi connectivity index (χ3n) is 4.95. The van der Waals surface area contributed by atoms with Gasteiger partial charge in [-0.3, -0.25) is 0 Å². The molecule has 20 heavy (non-hydrogen) atoms. The van der Waals surface area contributed by atoms with Gasteiger partial charge in [-0.25, -0.2) is 0 Å². The summed E-state index contributed by atoms with van der Waals surface area (Å²) in [4.78, 5) is 0. The monoisotopic (exact) mass is 357 g/mol. The van der Waals surface area contributed by atoms with Crippen LogP contribution in [-0.2, 0) is 4.74 Å². The summed E-state index contributed by atoms with van der Waals surface area (Å²) in [6.07, 6.45) is 6.74. The smallest absolute Gasteiger partial charge is 0.0670 e. The normalized spacial score (nSPS) is 27.6. The van der Waals surface area contributed by atoms with Crippen LogP contribution < -0.4 is 5.32 Å². The van der Waals surface area contributed by atoms with E-state index in [2.05, 4.69) is 34.2 Å². The van der Waals surface area contributed by atoms with Gasteiger partial charge in [-0.15, -0.1) is 0 Å². The van der Waals surface area contributed by atoms with E-state index >= 15 is 0 Å². The molecule has 0 aromatic heterocycles. The van der Waals surface area contributed by atoms with Crippen molar-refractivity contribution in [1.82, 2.24) is 0 Å². The van der Waals surface area contributed by atoms with Crippen molar-refractivity contribution in [3.05, 3.63) is 27.7 Å². The summed E-state index contributed by atoms with van der Waals surface area (Å²) in [7, 11) is 0. The fourth-order valence-electron chi connectivity index (χ4n) is 3.88. The van der Waals surface area contributed by atoms with Crippen molar-refractivity contribution in [3.8, 4) is 0 Å². The molecule has 1 spiro atoms. The number of hydrogen-bond donors (Lipinski definition) is 1. The lowest BCUT2D eigenvalue weighted by atomic mass is 9.60. The molecule has 0 radical (unpaired) electrons. The van der Waals surface area contributed by atoms with E-state index in [1.54, 1.807) is 0 Å². The Morgan fingerprint density at radius 2 is 2.15 bits per heavy atom. The van der Waals surface area contributed by atoms with Gasteiger partial charge in [0.05, 0.1) is 16.8 Å². The van der Waals surface area contributed by atoms with Gasteiger partial charge in [0.2, 0.25) is 0 Å². The molecule has 2 fully saturated rings. The van der Waals surface area contributed by atoms with Crippen LogP contribution in [0.4, 0.5) is 5.69 Å². The Kier molecular flexibility index (Phi) is 4.30. The van der Waals surface area contributed by atoms with Crippen LogP contribution >= 0.6 is 27.5 Å². The lowest BCUT2D eigenvalue weighted by Crippen LogP contribution is -2.60. The molecule has 3 rings (SSSR count). The van der Waals surface area contributed by atoms with Gasteiger partial charge >= 0.3 is 0 Å². The molecule has 0 amide bonds. The number of rotatable bonds is 4. The van der Waals surface area contributed by atoms with Gasteiger partial charge in [0.1, 0.15) is 0 Å². The highest BCUT2D eigenvalue weighted by Crippen LogP contribution is 2.55. The first kappa shape index (κ1) is 14.7. The van der Waals surface area contributed by atoms with Crippen molar-refractivity contribution in [2.75, 3.05) is 11.9 Å². The predicted octanol–water partition coefficient (Wildman–Crippen LogP) is 5.25. The molecule has 0 heterocycles. The third kappa shape index (κ3) is 2.49. The lowest BCUT2D eigenvalue weighted by Gasteiger charge is -2.54. The Labute approximate surface area is 134 Å². The molecule has 1 aromatic carbocycles. The summed E-state index contributed by atoms with van der Waals surface area (Å²) >= 11 is 9.81. The zero-order valence-electron chi connectivity index (χ0n) is 11.8. The van der Waals surface area contributed by atoms with Gasteiger partial charge in [0, 0.05) is 22.5 Å². The van der Waals surface area contributed by atoms with Gasteiger partial charge < -0.3 is 10.1 Å². The summed E-state index contributed by atoms with van der Waals surface area (Å²) < 4.78 is 7.02. The number of nitrogens with one attached hydrogen (secondary N) is 1. The van der Waals surface area contributed by atoms with E-state index in [1.807, 2.05) is 12.1 Å². The van der Waals surface area contributed by atoms with Gasteiger partial charge in [-0.2, -0.15) is 0 Å². The molecule has 0 bridgehead atoms. The quantitative estimate of drug-likeness (QED) is 0.793. The van der Waals surface area contributed by atoms with Gasteiger partial charge in [-0.05, 0) is 44.4 Å². The van der Waals surface area contributed by atoms with Crippen molar-refractivity contribution in [3.63, 3.8) is 0 Å². The Balaban J connectivity index is 1.76. The molecule has 2 atom stereocenters. The molecule has 2 unspecified atom stereocenters. The average Bonchev–Trinajstić information content (AvgIpc) is 2.94. The Bertz CT molecular complexity index is 487. The maximum atomic E-state index is 6.30. The first-order chi connectivity index (χ1) is 9.65. The van der Waals surface area contributed by atoms with Crippen LogP contribution in [0.25, 0.3) is 0 Å². The highest BCUT2D eigenvalue weighted by Gasteiger charge is 2.56. The fraction of sp³-hybridized carbons (Fsp3) is 0.625. The Hall–Kier alpha value is -0.250. The van der Waals surface area contributed by atoms with E-state index in [4.69, 9.17) is 16.3 Å². The van der Waals surface area contributed by atoms with Gasteiger partial charge in [-0.1, -0.05) is 40.4 Å². The Morgan fingerprint density at radius 1 is 1.40 bits per heavy atom. The molecule has 0 aliphatic heterocycles. The summed E-state index contributed by atoms with van der Waals surface area (Å²) in [5.41, 5.74) is 1.37. The Morgan fingerprint density at radius 3 is 2.85 bits per heavy atom. The zero-order valence-corrected chi connectivity index (χ0v) is 14.1. The molecule has 1 aromatic rings. The maximum absolute atomic E-state index is 6.30. The van der Waals surface area contributed by atoms with Crippen LogP contribution in [0.15, 0.2) is 22.7 Å². The van der Waals surface area contributed by atoms with Crippen molar-refractivity contribution in [2.24, 2.45) is 5.41 Å². The molecule has 2 saturated carbocycles. The number of ether oxygens (including phenoxy) is 1. The summed E-state index contributed by atoms with van der Waals surface area (Å²) in [6, 6.07) is 6.48. The van der Waals surface area contributed by atoms with E-state index in [9.17, 15) is 0 Å². The van der Waals surface area contributed by atoms with Crippen molar-refractivity contribution < 1.29 is 4.74 Å². The molecule has 2 aliphatic carbocycles. The van der Waals surface area contributed by atoms with Crippen LogP contribution in [0.2, 0.25) is 5.02 Å². The highest BCUT2D eigenvalue weighted by atomic mass is 79.9. The SMILES string of the molecule is CCOC1CC(Nc2cc(Br)ccc2Cl)C12CCCC2. The first-order valence-electron chi connectivity index (χ1n) is 7.49. The predicted molar refractivity (Wildman–Crippen MR) is 87.5 cm³/mol. The largest absolute Gasteiger partial charge is 0.380 e. The van der Waals surface area contributed by atoms with Crippen LogP contribution in [-0.4, -0.2) is 18.8 Å². The maximum Gasteiger partial charge on any atom is 0.0670 e. The first-order valence-corrected chi connectivity index (χ1v) is 8.66. The van der Waals surface area contributed by atoms with E-state index in [-0.39, 0.29) is 0 Å². The molecule has 4 heteroatoms. The van der Waals surface area contributed by atoms with Crippen LogP contribution in [0.5, 0.6) is 0 Å². The van der Waals surface area contributed by atoms with Crippen LogP contribution in [0, 0.1) is 5.41 Å². The fourth-order valence-corrected chi connectivity index (χ4v) is 4.42. The van der Waals surface area contributed by atoms with E-state index < -0.39 is 0 Å². The number of hydrogen-bond acceptors (Lipinski definition) is 2. The minimum Gasteiger partial charge on any atom is -0.380 e. The van der Waals surface area contributed by atoms with Crippen molar-refractivity contribution >= 4 is 33.2 Å². The molecular weight excluding hydrogens is 338 g/mol. The average molecular weight is 359 g/mol. The molecule has 0 saturated heterocycles. The standard InChI is InChI=1S/C16H21BrClNO/c1-2-20-15-10-14(16(15)7-3-4-8-16)19-13-9-11(17)5-6-12(13)18/h5-6,9,14-15,19H,2-4,7-8,10H2,1H3. The van der Waals surface area contributed by atoms with Crippen LogP contribution in [0.1, 0.15) is 39.0 Å². The number of benzene rings is 1. The van der Waals surface area contributed by atoms with Crippen molar-refractivity contribution in [2.45, 2.75) is 51.2 Å². The topological polar surface area (TPSA) is 21.3 Å². The molecular formula is C16H21BrClNO. The lowest BCUT2D eigenvalue weighted by molar-refractivity contribution is -0.114. The van der Waals surface area contributed by atoms with Crippen LogP contribution in [0.3, 0.4) is 0 Å². The minimum absolute atomic E-state index is 0.335. The van der Waals surface area contributed by atoms with E-state index in [0.29, 0.717) is 17.6 Å². The summed E-state index contributed by atoms with van der Waals surface area (Å²) in [6.45, 7) is 2.91. The summed E-state index contributed by atoms with van der Waals surface area (Å²) in [5, 5.41) is 4.46. The second-order valence-corrected chi connectivity index (χ2v) is 7.26. The third-order valence-corrected chi connectivity index (χ3v) is 5.77. The van der Waals surface area contributed by atoms with E-state index in [0.717, 1.165) is 28.2 Å². The molecule has 2 nitrogen and oxygen atoms in total. The highest BCUT2D eigenvalue weighted by molar-refractivity contribution is 9.10. The van der Waals surface area contributed by atoms with Gasteiger partial charge in [0.15, 0.2) is 0 Å². The summed E-state index contributed by atoms with van der Waals surface area (Å²) in [5.74, 6) is 0. The number of anilines is 1.